The molecule has 1 aromatic rings. The molecule has 3 rings (SSSR count). The monoisotopic (exact) mass is 353 g/mol. The lowest BCUT2D eigenvalue weighted by atomic mass is 9.79. The van der Waals surface area contributed by atoms with Crippen molar-refractivity contribution in [3.63, 3.8) is 0 Å². The van der Waals surface area contributed by atoms with Gasteiger partial charge in [-0.05, 0) is 44.6 Å². The van der Waals surface area contributed by atoms with Gasteiger partial charge in [0.05, 0.1) is 12.5 Å². The van der Waals surface area contributed by atoms with Crippen molar-refractivity contribution in [3.05, 3.63) is 22.4 Å². The lowest BCUT2D eigenvalue weighted by molar-refractivity contribution is -0.160. The molecular weight excluding hydrogens is 326 g/mol. The molecule has 6 heteroatoms. The number of rotatable bonds is 8. The lowest BCUT2D eigenvalue weighted by Gasteiger charge is -2.44. The molecule has 0 amide bonds. The minimum Gasteiger partial charge on any atom is -0.481 e. The molecule has 3 heterocycles. The van der Waals surface area contributed by atoms with Crippen LogP contribution in [-0.4, -0.2) is 54.1 Å². The van der Waals surface area contributed by atoms with Gasteiger partial charge in [-0.3, -0.25) is 9.69 Å². The van der Waals surface area contributed by atoms with E-state index in [2.05, 4.69) is 11.0 Å². The quantitative estimate of drug-likeness (QED) is 0.728. The fraction of sp³-hybridized carbons (Fsp3) is 0.722. The Morgan fingerprint density at radius 3 is 2.71 bits per heavy atom. The summed E-state index contributed by atoms with van der Waals surface area (Å²) in [7, 11) is 0. The molecule has 134 valence electrons. The van der Waals surface area contributed by atoms with Crippen molar-refractivity contribution in [2.24, 2.45) is 5.92 Å². The number of ether oxygens (including phenoxy) is 2. The highest BCUT2D eigenvalue weighted by Crippen LogP contribution is 2.48. The highest BCUT2D eigenvalue weighted by atomic mass is 32.1. The average molecular weight is 353 g/mol. The van der Waals surface area contributed by atoms with Gasteiger partial charge in [0.25, 0.3) is 0 Å². The molecule has 5 nitrogen and oxygen atoms in total. The maximum absolute atomic E-state index is 11.8. The maximum Gasteiger partial charge on any atom is 0.307 e. The first-order valence-electron chi connectivity index (χ1n) is 8.90. The predicted octanol–water partition coefficient (Wildman–Crippen LogP) is 3.17. The molecule has 0 spiro atoms. The van der Waals surface area contributed by atoms with Crippen LogP contribution in [0.4, 0.5) is 0 Å². The Hall–Kier alpha value is -0.950. The van der Waals surface area contributed by atoms with Gasteiger partial charge >= 0.3 is 5.97 Å². The number of thiophene rings is 1. The largest absolute Gasteiger partial charge is 0.481 e. The van der Waals surface area contributed by atoms with E-state index in [1.807, 2.05) is 25.3 Å². The zero-order chi connectivity index (χ0) is 17.1. The number of nitrogens with zero attached hydrogens (tertiary/aromatic N) is 1. The van der Waals surface area contributed by atoms with Crippen LogP contribution < -0.4 is 0 Å². The van der Waals surface area contributed by atoms with Crippen molar-refractivity contribution in [2.75, 3.05) is 19.8 Å². The molecule has 4 atom stereocenters. The highest BCUT2D eigenvalue weighted by molar-refractivity contribution is 7.10. The van der Waals surface area contributed by atoms with E-state index in [1.165, 1.54) is 4.88 Å². The zero-order valence-electron chi connectivity index (χ0n) is 14.4. The fourth-order valence-electron chi connectivity index (χ4n) is 4.42. The van der Waals surface area contributed by atoms with E-state index in [9.17, 15) is 9.90 Å². The molecule has 0 saturated carbocycles. The summed E-state index contributed by atoms with van der Waals surface area (Å²) in [5, 5.41) is 11.8. The first-order chi connectivity index (χ1) is 11.7. The number of piperidine rings is 1. The van der Waals surface area contributed by atoms with Crippen LogP contribution in [0.1, 0.15) is 43.9 Å². The van der Waals surface area contributed by atoms with Gasteiger partial charge in [-0.25, -0.2) is 0 Å². The van der Waals surface area contributed by atoms with Crippen LogP contribution in [0, 0.1) is 5.92 Å². The molecule has 24 heavy (non-hydrogen) atoms. The second kappa shape index (κ2) is 7.95. The van der Waals surface area contributed by atoms with Crippen LogP contribution in [0.3, 0.4) is 0 Å². The van der Waals surface area contributed by atoms with E-state index < -0.39 is 5.97 Å². The van der Waals surface area contributed by atoms with Crippen LogP contribution >= 0.6 is 11.3 Å². The smallest absolute Gasteiger partial charge is 0.307 e. The second-order valence-corrected chi connectivity index (χ2v) is 7.54. The molecule has 1 N–H and O–H groups in total. The first-order valence-corrected chi connectivity index (χ1v) is 9.78. The SMILES string of the molecule is CCOC(CN1[C@H]2CC[C@@H]1[C@@H](c1cccs1)[C@@H](C(=O)O)C2)OCC. The van der Waals surface area contributed by atoms with Crippen LogP contribution in [0.5, 0.6) is 0 Å². The number of carboxylic acids is 1. The van der Waals surface area contributed by atoms with Gasteiger partial charge < -0.3 is 14.6 Å². The number of hydrogen-bond donors (Lipinski definition) is 1. The number of hydrogen-bond acceptors (Lipinski definition) is 5. The Morgan fingerprint density at radius 1 is 1.38 bits per heavy atom. The Balaban J connectivity index is 1.81. The average Bonchev–Trinajstić information content (AvgIpc) is 3.16. The third-order valence-electron chi connectivity index (χ3n) is 5.32. The van der Waals surface area contributed by atoms with Gasteiger partial charge in [-0.2, -0.15) is 0 Å². The van der Waals surface area contributed by atoms with E-state index in [4.69, 9.17) is 9.47 Å². The molecule has 2 saturated heterocycles. The summed E-state index contributed by atoms with van der Waals surface area (Å²) in [5.74, 6) is -0.865. The number of fused-ring (bicyclic) bond motifs is 2. The molecule has 0 radical (unpaired) electrons. The molecule has 0 aliphatic carbocycles. The Kier molecular flexibility index (Phi) is 5.92. The number of carboxylic acid groups (broad SMARTS) is 1. The highest BCUT2D eigenvalue weighted by Gasteiger charge is 2.50. The second-order valence-electron chi connectivity index (χ2n) is 6.56. The maximum atomic E-state index is 11.8. The van der Waals surface area contributed by atoms with Crippen LogP contribution in [0.15, 0.2) is 17.5 Å². The van der Waals surface area contributed by atoms with Crippen LogP contribution in [-0.2, 0) is 14.3 Å². The molecule has 2 aliphatic heterocycles. The topological polar surface area (TPSA) is 59.0 Å². The predicted molar refractivity (Wildman–Crippen MR) is 93.4 cm³/mol. The molecular formula is C18H27NO4S. The first kappa shape index (κ1) is 17.9. The Bertz CT molecular complexity index is 529. The van der Waals surface area contributed by atoms with Crippen molar-refractivity contribution in [1.82, 2.24) is 4.90 Å². The molecule has 1 aromatic heterocycles. The number of carbonyl (C=O) groups is 1. The lowest BCUT2D eigenvalue weighted by Crippen LogP contribution is -2.52. The van der Waals surface area contributed by atoms with Crippen molar-refractivity contribution in [2.45, 2.75) is 57.4 Å². The summed E-state index contributed by atoms with van der Waals surface area (Å²) in [6, 6.07) is 4.71. The van der Waals surface area contributed by atoms with Crippen molar-refractivity contribution in [1.29, 1.82) is 0 Å². The van der Waals surface area contributed by atoms with E-state index in [-0.39, 0.29) is 24.2 Å². The summed E-state index contributed by atoms with van der Waals surface area (Å²) in [6.45, 7) is 5.93. The van der Waals surface area contributed by atoms with Crippen molar-refractivity contribution in [3.8, 4) is 0 Å². The van der Waals surface area contributed by atoms with Gasteiger partial charge in [0.2, 0.25) is 0 Å². The summed E-state index contributed by atoms with van der Waals surface area (Å²) >= 11 is 1.68. The van der Waals surface area contributed by atoms with Crippen LogP contribution in [0.25, 0.3) is 0 Å². The fourth-order valence-corrected chi connectivity index (χ4v) is 5.37. The van der Waals surface area contributed by atoms with Gasteiger partial charge in [-0.15, -0.1) is 11.3 Å². The third kappa shape index (κ3) is 3.52. The van der Waals surface area contributed by atoms with E-state index >= 15 is 0 Å². The molecule has 0 unspecified atom stereocenters. The third-order valence-corrected chi connectivity index (χ3v) is 6.29. The summed E-state index contributed by atoms with van der Waals surface area (Å²) in [5.41, 5.74) is 0. The van der Waals surface area contributed by atoms with E-state index in [0.29, 0.717) is 19.3 Å². The normalized spacial score (nSPS) is 30.1. The van der Waals surface area contributed by atoms with Crippen LogP contribution in [0.2, 0.25) is 0 Å². The summed E-state index contributed by atoms with van der Waals surface area (Å²) in [4.78, 5) is 15.5. The molecule has 0 aromatic carbocycles. The van der Waals surface area contributed by atoms with Crippen molar-refractivity contribution < 1.29 is 19.4 Å². The molecule has 2 fully saturated rings. The van der Waals surface area contributed by atoms with Gasteiger partial charge in [0.1, 0.15) is 0 Å². The number of aliphatic carboxylic acids is 1. The van der Waals surface area contributed by atoms with E-state index in [0.717, 1.165) is 25.8 Å². The van der Waals surface area contributed by atoms with Gasteiger partial charge in [0, 0.05) is 36.1 Å². The zero-order valence-corrected chi connectivity index (χ0v) is 15.2. The van der Waals surface area contributed by atoms with E-state index in [1.54, 1.807) is 11.3 Å². The van der Waals surface area contributed by atoms with Gasteiger partial charge in [0.15, 0.2) is 6.29 Å². The summed E-state index contributed by atoms with van der Waals surface area (Å²) < 4.78 is 11.5. The summed E-state index contributed by atoms with van der Waals surface area (Å²) in [6.07, 6.45) is 2.62. The Morgan fingerprint density at radius 2 is 2.12 bits per heavy atom. The minimum atomic E-state index is -0.656. The Labute approximate surface area is 147 Å². The minimum absolute atomic E-state index is 0.0742. The van der Waals surface area contributed by atoms with Crippen molar-refractivity contribution >= 4 is 17.3 Å². The van der Waals surface area contributed by atoms with Gasteiger partial charge in [-0.1, -0.05) is 6.07 Å². The standard InChI is InChI=1S/C18H27NO4S/c1-3-22-16(23-4-2)11-19-12-7-8-14(19)17(13(10-12)18(20)21)15-6-5-9-24-15/h5-6,9,12-14,16-17H,3-4,7-8,10-11H2,1-2H3,(H,20,21)/t12-,13-,14+,17-/m0/s1. The molecule has 2 aliphatic rings. The molecule has 2 bridgehead atoms.